The molecule has 0 spiro atoms. The van der Waals surface area contributed by atoms with Gasteiger partial charge in [-0.25, -0.2) is 9.59 Å². The first kappa shape index (κ1) is 16.8. The second-order valence-corrected chi connectivity index (χ2v) is 3.80. The van der Waals surface area contributed by atoms with Crippen molar-refractivity contribution in [1.29, 1.82) is 0 Å². The molecule has 0 bridgehead atoms. The van der Waals surface area contributed by atoms with Gasteiger partial charge in [-0.3, -0.25) is 4.79 Å². The van der Waals surface area contributed by atoms with Gasteiger partial charge in [-0.1, -0.05) is 6.92 Å². The van der Waals surface area contributed by atoms with Gasteiger partial charge in [0.05, 0.1) is 0 Å². The van der Waals surface area contributed by atoms with Gasteiger partial charge in [0.25, 0.3) is 0 Å². The first-order valence-electron chi connectivity index (χ1n) is 5.98. The molecule has 0 saturated carbocycles. The third-order valence-electron chi connectivity index (χ3n) is 2.14. The summed E-state index contributed by atoms with van der Waals surface area (Å²) in [5.41, 5.74) is 0. The number of nitrogens with one attached hydrogen (secondary N) is 3. The Morgan fingerprint density at radius 2 is 1.95 bits per heavy atom. The Kier molecular flexibility index (Phi) is 8.62. The summed E-state index contributed by atoms with van der Waals surface area (Å²) in [6, 6.07) is -1.79. The van der Waals surface area contributed by atoms with Crippen LogP contribution in [0.4, 0.5) is 4.79 Å². The molecule has 0 aromatic rings. The average Bonchev–Trinajstić information content (AvgIpc) is 2.35. The van der Waals surface area contributed by atoms with Gasteiger partial charge in [0.15, 0.2) is 0 Å². The number of aliphatic carboxylic acids is 1. The molecule has 0 heterocycles. The van der Waals surface area contributed by atoms with Crippen LogP contribution in [0.15, 0.2) is 0 Å². The van der Waals surface area contributed by atoms with E-state index >= 15 is 0 Å². The molecule has 0 saturated heterocycles. The largest absolute Gasteiger partial charge is 0.480 e. The van der Waals surface area contributed by atoms with Crippen LogP contribution in [-0.4, -0.2) is 42.1 Å². The van der Waals surface area contributed by atoms with Crippen molar-refractivity contribution in [3.8, 4) is 12.3 Å². The highest BCUT2D eigenvalue weighted by molar-refractivity contribution is 5.83. The van der Waals surface area contributed by atoms with Gasteiger partial charge in [0, 0.05) is 25.9 Å². The van der Waals surface area contributed by atoms with Crippen LogP contribution in [0.2, 0.25) is 0 Å². The van der Waals surface area contributed by atoms with Crippen LogP contribution >= 0.6 is 0 Å². The lowest BCUT2D eigenvalue weighted by atomic mass is 10.2. The van der Waals surface area contributed by atoms with E-state index in [1.165, 1.54) is 0 Å². The third-order valence-corrected chi connectivity index (χ3v) is 2.14. The maximum absolute atomic E-state index is 11.3. The van der Waals surface area contributed by atoms with Crippen molar-refractivity contribution in [2.24, 2.45) is 0 Å². The van der Waals surface area contributed by atoms with Gasteiger partial charge in [0.2, 0.25) is 5.91 Å². The molecule has 0 aliphatic carbocycles. The summed E-state index contributed by atoms with van der Waals surface area (Å²) >= 11 is 0. The summed E-state index contributed by atoms with van der Waals surface area (Å²) in [7, 11) is 0. The number of hydrogen-bond donors (Lipinski definition) is 4. The molecule has 19 heavy (non-hydrogen) atoms. The third kappa shape index (κ3) is 8.49. The normalized spacial score (nSPS) is 10.9. The van der Waals surface area contributed by atoms with E-state index in [4.69, 9.17) is 11.5 Å². The topological polar surface area (TPSA) is 108 Å². The van der Waals surface area contributed by atoms with Crippen molar-refractivity contribution < 1.29 is 19.5 Å². The van der Waals surface area contributed by atoms with Gasteiger partial charge in [-0.05, 0) is 6.42 Å². The molecule has 0 rings (SSSR count). The Bertz CT molecular complexity index is 362. The zero-order chi connectivity index (χ0) is 14.7. The molecule has 0 aliphatic rings. The van der Waals surface area contributed by atoms with Gasteiger partial charge in [-0.15, -0.1) is 12.3 Å². The van der Waals surface area contributed by atoms with E-state index in [0.29, 0.717) is 6.54 Å². The second kappa shape index (κ2) is 9.76. The minimum atomic E-state index is -1.20. The predicted molar refractivity (Wildman–Crippen MR) is 69.3 cm³/mol. The molecule has 3 amide bonds. The highest BCUT2D eigenvalue weighted by Gasteiger charge is 2.18. The van der Waals surface area contributed by atoms with Gasteiger partial charge in [-0.2, -0.15) is 0 Å². The van der Waals surface area contributed by atoms with Crippen LogP contribution in [0.5, 0.6) is 0 Å². The molecule has 0 fully saturated rings. The minimum Gasteiger partial charge on any atom is -0.480 e. The lowest BCUT2D eigenvalue weighted by Crippen LogP contribution is -2.46. The summed E-state index contributed by atoms with van der Waals surface area (Å²) in [5, 5.41) is 16.0. The molecule has 0 aromatic heterocycles. The molecule has 0 aliphatic heterocycles. The number of amides is 3. The van der Waals surface area contributed by atoms with Gasteiger partial charge >= 0.3 is 12.0 Å². The molecule has 0 radical (unpaired) electrons. The molecule has 1 unspecified atom stereocenters. The van der Waals surface area contributed by atoms with Crippen LogP contribution in [0.3, 0.4) is 0 Å². The number of terminal acetylenes is 1. The SMILES string of the molecule is C#CCC(NC(=O)NCCC(=O)NCCC)C(=O)O. The van der Waals surface area contributed by atoms with Gasteiger partial charge < -0.3 is 21.1 Å². The Hall–Kier alpha value is -2.23. The maximum atomic E-state index is 11.3. The monoisotopic (exact) mass is 269 g/mol. The Morgan fingerprint density at radius 1 is 1.26 bits per heavy atom. The predicted octanol–water partition coefficient (Wildman–Crippen LogP) is -0.322. The van der Waals surface area contributed by atoms with Crippen LogP contribution < -0.4 is 16.0 Å². The lowest BCUT2D eigenvalue weighted by molar-refractivity contribution is -0.139. The highest BCUT2D eigenvalue weighted by Crippen LogP contribution is 1.90. The summed E-state index contributed by atoms with van der Waals surface area (Å²) in [4.78, 5) is 33.3. The summed E-state index contributed by atoms with van der Waals surface area (Å²) in [6.45, 7) is 2.65. The van der Waals surface area contributed by atoms with Crippen molar-refractivity contribution in [1.82, 2.24) is 16.0 Å². The standard InChI is InChI=1S/C12H19N3O4/c1-3-5-9(11(17)18)15-12(19)14-8-6-10(16)13-7-4-2/h1,9H,4-8H2,2H3,(H,13,16)(H,17,18)(H2,14,15,19). The molecule has 7 nitrogen and oxygen atoms in total. The van der Waals surface area contributed by atoms with Crippen LogP contribution in [0.25, 0.3) is 0 Å². The second-order valence-electron chi connectivity index (χ2n) is 3.80. The minimum absolute atomic E-state index is 0.0975. The Balaban J connectivity index is 3.89. The number of urea groups is 1. The Morgan fingerprint density at radius 3 is 2.47 bits per heavy atom. The molecule has 7 heteroatoms. The summed E-state index contributed by atoms with van der Waals surface area (Å²) < 4.78 is 0. The quantitative estimate of drug-likeness (QED) is 0.453. The van der Waals surface area contributed by atoms with E-state index in [1.807, 2.05) is 6.92 Å². The van der Waals surface area contributed by atoms with E-state index in [2.05, 4.69) is 21.9 Å². The summed E-state index contributed by atoms with van der Waals surface area (Å²) in [5.74, 6) is 0.798. The number of carbonyl (C=O) groups is 3. The number of hydrogen-bond acceptors (Lipinski definition) is 3. The van der Waals surface area contributed by atoms with E-state index in [9.17, 15) is 14.4 Å². The zero-order valence-electron chi connectivity index (χ0n) is 10.9. The van der Waals surface area contributed by atoms with Crippen molar-refractivity contribution >= 4 is 17.9 Å². The number of carboxylic acids is 1. The van der Waals surface area contributed by atoms with Crippen LogP contribution in [0, 0.1) is 12.3 Å². The van der Waals surface area contributed by atoms with E-state index in [1.54, 1.807) is 0 Å². The highest BCUT2D eigenvalue weighted by atomic mass is 16.4. The smallest absolute Gasteiger partial charge is 0.327 e. The van der Waals surface area contributed by atoms with Gasteiger partial charge in [0.1, 0.15) is 6.04 Å². The zero-order valence-corrected chi connectivity index (χ0v) is 10.9. The van der Waals surface area contributed by atoms with Crippen LogP contribution in [-0.2, 0) is 9.59 Å². The van der Waals surface area contributed by atoms with Crippen LogP contribution in [0.1, 0.15) is 26.2 Å². The van der Waals surface area contributed by atoms with Crippen molar-refractivity contribution in [2.75, 3.05) is 13.1 Å². The number of carbonyl (C=O) groups excluding carboxylic acids is 2. The fourth-order valence-corrected chi connectivity index (χ4v) is 1.17. The first-order chi connectivity index (χ1) is 9.01. The molecular formula is C12H19N3O4. The fourth-order valence-electron chi connectivity index (χ4n) is 1.17. The maximum Gasteiger partial charge on any atom is 0.327 e. The average molecular weight is 269 g/mol. The molecule has 106 valence electrons. The van der Waals surface area contributed by atoms with Crippen molar-refractivity contribution in [3.63, 3.8) is 0 Å². The first-order valence-corrected chi connectivity index (χ1v) is 5.98. The molecule has 4 N–H and O–H groups in total. The lowest BCUT2D eigenvalue weighted by Gasteiger charge is -2.12. The van der Waals surface area contributed by atoms with E-state index in [-0.39, 0.29) is 25.3 Å². The summed E-state index contributed by atoms with van der Waals surface area (Å²) in [6.07, 6.45) is 5.87. The fraction of sp³-hybridized carbons (Fsp3) is 0.583. The van der Waals surface area contributed by atoms with Crippen molar-refractivity contribution in [3.05, 3.63) is 0 Å². The molecule has 1 atom stereocenters. The number of carboxylic acid groups (broad SMARTS) is 1. The van der Waals surface area contributed by atoms with E-state index < -0.39 is 18.0 Å². The number of rotatable bonds is 8. The van der Waals surface area contributed by atoms with E-state index in [0.717, 1.165) is 6.42 Å². The molecule has 0 aromatic carbocycles. The Labute approximate surface area is 112 Å². The van der Waals surface area contributed by atoms with Crippen molar-refractivity contribution in [2.45, 2.75) is 32.2 Å². The molecular weight excluding hydrogens is 250 g/mol.